The summed E-state index contributed by atoms with van der Waals surface area (Å²) in [5.41, 5.74) is 0. The van der Waals surface area contributed by atoms with Crippen LogP contribution in [-0.4, -0.2) is 140 Å². The summed E-state index contributed by atoms with van der Waals surface area (Å²) in [6, 6.07) is -0.925. The Balaban J connectivity index is 1.91. The van der Waals surface area contributed by atoms with Gasteiger partial charge in [0.15, 0.2) is 12.6 Å². The average molecular weight is 636 g/mol. The minimum absolute atomic E-state index is 0.326. The fraction of sp³-hybridized carbons (Fsp3) is 0.833. The average Bonchev–Trinajstić information content (AvgIpc) is 3.00. The van der Waals surface area contributed by atoms with E-state index in [9.17, 15) is 45.6 Å². The molecule has 9 N–H and O–H groups in total. The van der Waals surface area contributed by atoms with Crippen LogP contribution in [0.2, 0.25) is 0 Å². The molecule has 1 amide bonds. The third kappa shape index (κ3) is 12.0. The second kappa shape index (κ2) is 20.6. The summed E-state index contributed by atoms with van der Waals surface area (Å²) in [5.74, 6) is -0.431. The molecule has 0 bridgehead atoms. The van der Waals surface area contributed by atoms with E-state index in [1.807, 2.05) is 0 Å². The predicted molar refractivity (Wildman–Crippen MR) is 157 cm³/mol. The van der Waals surface area contributed by atoms with Crippen molar-refractivity contribution in [2.24, 2.45) is 0 Å². The van der Waals surface area contributed by atoms with Crippen LogP contribution in [0.15, 0.2) is 24.3 Å². The summed E-state index contributed by atoms with van der Waals surface area (Å²) in [6.45, 7) is 1.71. The summed E-state index contributed by atoms with van der Waals surface area (Å²) < 4.78 is 22.0. The molecule has 0 aliphatic carbocycles. The van der Waals surface area contributed by atoms with Gasteiger partial charge in [-0.15, -0.1) is 0 Å². The Morgan fingerprint density at radius 1 is 0.795 bits per heavy atom. The normalized spacial score (nSPS) is 34.4. The van der Waals surface area contributed by atoms with E-state index < -0.39 is 92.7 Å². The lowest BCUT2D eigenvalue weighted by atomic mass is 9.97. The molecule has 14 nitrogen and oxygen atoms in total. The van der Waals surface area contributed by atoms with Gasteiger partial charge >= 0.3 is 0 Å². The quantitative estimate of drug-likeness (QED) is 0.0598. The van der Waals surface area contributed by atoms with Gasteiger partial charge in [-0.25, -0.2) is 0 Å². The van der Waals surface area contributed by atoms with Gasteiger partial charge in [-0.05, 0) is 25.7 Å². The van der Waals surface area contributed by atoms with Crippen LogP contribution in [0, 0.1) is 0 Å². The lowest BCUT2D eigenvalue weighted by Crippen LogP contribution is -2.65. The van der Waals surface area contributed by atoms with Crippen LogP contribution >= 0.6 is 0 Å². The lowest BCUT2D eigenvalue weighted by Gasteiger charge is -2.46. The third-order valence-corrected chi connectivity index (χ3v) is 7.68. The molecule has 0 aromatic rings. The predicted octanol–water partition coefficient (Wildman–Crippen LogP) is -1.25. The molecule has 2 saturated heterocycles. The minimum Gasteiger partial charge on any atom is -0.394 e. The van der Waals surface area contributed by atoms with Crippen LogP contribution in [0.5, 0.6) is 0 Å². The van der Waals surface area contributed by atoms with Crippen molar-refractivity contribution in [3.05, 3.63) is 24.3 Å². The number of ether oxygens (including phenoxy) is 4. The van der Waals surface area contributed by atoms with Gasteiger partial charge in [0, 0.05) is 6.92 Å². The summed E-state index contributed by atoms with van der Waals surface area (Å²) in [4.78, 5) is 11.8. The molecule has 12 atom stereocenters. The van der Waals surface area contributed by atoms with Gasteiger partial charge in [0.05, 0.1) is 32.0 Å². The van der Waals surface area contributed by atoms with Gasteiger partial charge in [0.2, 0.25) is 5.91 Å². The van der Waals surface area contributed by atoms with Crippen molar-refractivity contribution in [2.75, 3.05) is 19.8 Å². The zero-order valence-corrected chi connectivity index (χ0v) is 25.6. The number of hydrogen-bond donors (Lipinski definition) is 9. The molecule has 0 aromatic heterocycles. The molecular formula is C30H53NO13. The largest absolute Gasteiger partial charge is 0.394 e. The van der Waals surface area contributed by atoms with Crippen LogP contribution in [0.3, 0.4) is 0 Å². The monoisotopic (exact) mass is 635 g/mol. The van der Waals surface area contributed by atoms with Crippen LogP contribution in [0.4, 0.5) is 0 Å². The Labute approximate surface area is 258 Å². The summed E-state index contributed by atoms with van der Waals surface area (Å²) in [7, 11) is 0. The van der Waals surface area contributed by atoms with Gasteiger partial charge in [-0.3, -0.25) is 4.79 Å². The topological polar surface area (TPSA) is 228 Å². The van der Waals surface area contributed by atoms with Crippen molar-refractivity contribution in [2.45, 2.75) is 139 Å². The number of amides is 1. The van der Waals surface area contributed by atoms with Crippen LogP contribution < -0.4 is 5.32 Å². The molecule has 0 spiro atoms. The Morgan fingerprint density at radius 3 is 2.07 bits per heavy atom. The second-order valence-corrected chi connectivity index (χ2v) is 11.3. The fourth-order valence-electron chi connectivity index (χ4n) is 5.04. The molecule has 2 fully saturated rings. The first-order valence-electron chi connectivity index (χ1n) is 15.5. The molecule has 0 saturated carbocycles. The minimum atomic E-state index is -1.78. The zero-order valence-electron chi connectivity index (χ0n) is 25.6. The first-order valence-corrected chi connectivity index (χ1v) is 15.5. The Bertz CT molecular complexity index is 857. The van der Waals surface area contributed by atoms with E-state index in [2.05, 4.69) is 24.4 Å². The number of carbonyl (C=O) groups is 1. The highest BCUT2D eigenvalue weighted by atomic mass is 16.7. The van der Waals surface area contributed by atoms with Crippen LogP contribution in [-0.2, 0) is 23.7 Å². The number of allylic oxidation sites excluding steroid dienone is 3. The van der Waals surface area contributed by atoms with Gasteiger partial charge in [0.1, 0.15) is 48.8 Å². The van der Waals surface area contributed by atoms with Crippen LogP contribution in [0.25, 0.3) is 0 Å². The molecule has 256 valence electrons. The van der Waals surface area contributed by atoms with E-state index >= 15 is 0 Å². The summed E-state index contributed by atoms with van der Waals surface area (Å²) in [5, 5.41) is 84.2. The van der Waals surface area contributed by atoms with Crippen molar-refractivity contribution in [1.29, 1.82) is 0 Å². The van der Waals surface area contributed by atoms with E-state index in [4.69, 9.17) is 18.9 Å². The smallest absolute Gasteiger partial charge is 0.217 e. The maximum Gasteiger partial charge on any atom is 0.217 e. The van der Waals surface area contributed by atoms with E-state index in [1.54, 1.807) is 6.08 Å². The zero-order chi connectivity index (χ0) is 32.6. The standard InChI is InChI=1S/C30H53NO13/c1-3-4-5-6-7-8-9-10-11-12-13-14-20(35)19(31-18(2)34)17-41-29-27(40)25(38)28(22(16-33)43-29)44-30-26(39)24(37)23(36)21(15-32)42-30/h9-10,13-14,19-30,32-33,35-40H,3-8,11-12,15-17H2,1-2H3,(H,31,34)/b10-9+,14-13+. The van der Waals surface area contributed by atoms with Crippen molar-refractivity contribution in [3.8, 4) is 0 Å². The molecule has 14 heteroatoms. The SMILES string of the molecule is CCCCCCC/C=C/CC/C=C/C(O)C(COC1OC(CO)C(OC2OC(CO)C(O)C(O)C2O)C(O)C1O)NC(C)=O. The summed E-state index contributed by atoms with van der Waals surface area (Å²) in [6.07, 6.45) is -0.715. The molecule has 2 heterocycles. The van der Waals surface area contributed by atoms with Gasteiger partial charge in [-0.2, -0.15) is 0 Å². The second-order valence-electron chi connectivity index (χ2n) is 11.3. The lowest BCUT2D eigenvalue weighted by molar-refractivity contribution is -0.359. The highest BCUT2D eigenvalue weighted by Gasteiger charge is 2.50. The van der Waals surface area contributed by atoms with E-state index in [-0.39, 0.29) is 6.61 Å². The molecule has 0 radical (unpaired) electrons. The van der Waals surface area contributed by atoms with E-state index in [0.29, 0.717) is 6.42 Å². The Hall–Kier alpha value is -1.53. The molecule has 12 unspecified atom stereocenters. The van der Waals surface area contributed by atoms with Crippen molar-refractivity contribution in [1.82, 2.24) is 5.32 Å². The van der Waals surface area contributed by atoms with Crippen molar-refractivity contribution < 1.29 is 64.6 Å². The molecule has 2 aliphatic rings. The van der Waals surface area contributed by atoms with Gasteiger partial charge in [0.25, 0.3) is 0 Å². The van der Waals surface area contributed by atoms with Gasteiger partial charge < -0.3 is 65.1 Å². The molecule has 2 rings (SSSR count). The van der Waals surface area contributed by atoms with E-state index in [0.717, 1.165) is 12.8 Å². The summed E-state index contributed by atoms with van der Waals surface area (Å²) >= 11 is 0. The number of nitrogens with one attached hydrogen (secondary N) is 1. The number of hydrogen-bond acceptors (Lipinski definition) is 13. The number of aliphatic hydroxyl groups excluding tert-OH is 8. The van der Waals surface area contributed by atoms with Crippen molar-refractivity contribution in [3.63, 3.8) is 0 Å². The maximum absolute atomic E-state index is 11.8. The molecule has 0 aromatic carbocycles. The maximum atomic E-state index is 11.8. The third-order valence-electron chi connectivity index (χ3n) is 7.68. The number of rotatable bonds is 19. The van der Waals surface area contributed by atoms with Crippen molar-refractivity contribution >= 4 is 5.91 Å². The highest BCUT2D eigenvalue weighted by molar-refractivity contribution is 5.73. The fourth-order valence-corrected chi connectivity index (χ4v) is 5.04. The molecule has 2 aliphatic heterocycles. The molecule has 44 heavy (non-hydrogen) atoms. The number of carbonyl (C=O) groups excluding carboxylic acids is 1. The first kappa shape index (κ1) is 38.7. The van der Waals surface area contributed by atoms with Crippen LogP contribution in [0.1, 0.15) is 65.2 Å². The Morgan fingerprint density at radius 2 is 1.41 bits per heavy atom. The first-order chi connectivity index (χ1) is 21.0. The number of unbranched alkanes of at least 4 members (excludes halogenated alkanes) is 6. The van der Waals surface area contributed by atoms with Gasteiger partial charge in [-0.1, -0.05) is 56.9 Å². The Kier molecular flexibility index (Phi) is 18.1. The highest BCUT2D eigenvalue weighted by Crippen LogP contribution is 2.29. The molecular weight excluding hydrogens is 582 g/mol. The van der Waals surface area contributed by atoms with E-state index in [1.165, 1.54) is 45.1 Å². The number of aliphatic hydroxyl groups is 8.